The topological polar surface area (TPSA) is 42.9 Å². The summed E-state index contributed by atoms with van der Waals surface area (Å²) in [6, 6.07) is 10.7. The molecule has 0 radical (unpaired) electrons. The van der Waals surface area contributed by atoms with Gasteiger partial charge in [-0.25, -0.2) is 9.97 Å². The van der Waals surface area contributed by atoms with Gasteiger partial charge in [0.15, 0.2) is 0 Å². The molecule has 0 bridgehead atoms. The van der Waals surface area contributed by atoms with Crippen molar-refractivity contribution in [3.63, 3.8) is 0 Å². The number of fused-ring (bicyclic) bond motifs is 1. The number of hydrogen-bond acceptors (Lipinski definition) is 3. The Morgan fingerprint density at radius 2 is 1.78 bits per heavy atom. The van der Waals surface area contributed by atoms with Crippen molar-refractivity contribution in [2.75, 3.05) is 0 Å². The Bertz CT molecular complexity index is 970. The minimum absolute atomic E-state index is 0.222. The number of Topliss-reactive ketones (excluding diaryl/α,β-unsaturated/α-hetero) is 1. The molecule has 1 atom stereocenters. The molecule has 194 valence electrons. The van der Waals surface area contributed by atoms with Crippen molar-refractivity contribution >= 4 is 11.9 Å². The maximum absolute atomic E-state index is 13.1. The quantitative estimate of drug-likeness (QED) is 0.320. The van der Waals surface area contributed by atoms with Gasteiger partial charge in [-0.05, 0) is 68.8 Å². The van der Waals surface area contributed by atoms with E-state index in [2.05, 4.69) is 61.3 Å². The molecule has 1 aromatic carbocycles. The second-order valence-corrected chi connectivity index (χ2v) is 11.6. The van der Waals surface area contributed by atoms with Gasteiger partial charge in [0, 0.05) is 23.8 Å². The summed E-state index contributed by atoms with van der Waals surface area (Å²) in [7, 11) is 0. The molecule has 1 aromatic heterocycles. The average Bonchev–Trinajstić information content (AvgIpc) is 2.88. The Balaban J connectivity index is 1.19. The van der Waals surface area contributed by atoms with Crippen molar-refractivity contribution in [1.29, 1.82) is 0 Å². The summed E-state index contributed by atoms with van der Waals surface area (Å²) in [5.41, 5.74) is 5.24. The van der Waals surface area contributed by atoms with Crippen LogP contribution in [-0.2, 0) is 17.6 Å². The zero-order valence-corrected chi connectivity index (χ0v) is 22.6. The van der Waals surface area contributed by atoms with Crippen molar-refractivity contribution in [1.82, 2.24) is 9.97 Å². The summed E-state index contributed by atoms with van der Waals surface area (Å²) in [6.07, 6.45) is 22.4. The number of allylic oxidation sites excluding steroid dienone is 1. The van der Waals surface area contributed by atoms with E-state index in [9.17, 15) is 4.79 Å². The van der Waals surface area contributed by atoms with Crippen LogP contribution in [0.15, 0.2) is 42.7 Å². The number of nitrogens with zero attached hydrogens (tertiary/aromatic N) is 2. The number of ketones is 1. The van der Waals surface area contributed by atoms with Gasteiger partial charge >= 0.3 is 0 Å². The third kappa shape index (κ3) is 7.60. The third-order valence-electron chi connectivity index (χ3n) is 8.62. The molecule has 1 unspecified atom stereocenters. The smallest absolute Gasteiger partial charge is 0.136 e. The first kappa shape index (κ1) is 26.8. The Morgan fingerprint density at radius 1 is 1.00 bits per heavy atom. The molecule has 3 nitrogen and oxygen atoms in total. The minimum atomic E-state index is 0.222. The number of rotatable bonds is 11. The summed E-state index contributed by atoms with van der Waals surface area (Å²) in [5.74, 6) is 2.53. The normalized spacial score (nSPS) is 21.0. The molecule has 36 heavy (non-hydrogen) atoms. The predicted molar refractivity (Wildman–Crippen MR) is 150 cm³/mol. The van der Waals surface area contributed by atoms with Crippen molar-refractivity contribution in [3.8, 4) is 0 Å². The van der Waals surface area contributed by atoms with Crippen LogP contribution >= 0.6 is 0 Å². The highest BCUT2D eigenvalue weighted by molar-refractivity contribution is 5.81. The molecule has 1 saturated carbocycles. The summed E-state index contributed by atoms with van der Waals surface area (Å²) < 4.78 is 0. The Kier molecular flexibility index (Phi) is 10.3. The van der Waals surface area contributed by atoms with Crippen LogP contribution in [-0.4, -0.2) is 15.8 Å². The second-order valence-electron chi connectivity index (χ2n) is 11.6. The van der Waals surface area contributed by atoms with Crippen LogP contribution in [0.25, 0.3) is 6.08 Å². The zero-order valence-electron chi connectivity index (χ0n) is 22.6. The zero-order chi connectivity index (χ0) is 25.2. The molecule has 1 fully saturated rings. The molecule has 0 N–H and O–H groups in total. The number of aryl methyl sites for hydroxylation is 2. The largest absolute Gasteiger partial charge is 0.299 e. The molecule has 4 rings (SSSR count). The second kappa shape index (κ2) is 13.9. The Hall–Kier alpha value is -2.29. The van der Waals surface area contributed by atoms with Crippen LogP contribution in [0.1, 0.15) is 119 Å². The van der Waals surface area contributed by atoms with Crippen LogP contribution in [0, 0.1) is 17.8 Å². The van der Waals surface area contributed by atoms with Crippen molar-refractivity contribution in [3.05, 3.63) is 65.2 Å². The van der Waals surface area contributed by atoms with Gasteiger partial charge in [0.2, 0.25) is 0 Å². The van der Waals surface area contributed by atoms with Crippen LogP contribution in [0.4, 0.5) is 0 Å². The molecular formula is C33H46N2O. The lowest BCUT2D eigenvalue weighted by molar-refractivity contribution is -0.124. The molecule has 3 heteroatoms. The Labute approximate surface area is 219 Å². The number of benzene rings is 1. The van der Waals surface area contributed by atoms with Gasteiger partial charge in [0.25, 0.3) is 0 Å². The summed E-state index contributed by atoms with van der Waals surface area (Å²) in [6.45, 7) is 4.45. The molecule has 2 aliphatic rings. The third-order valence-corrected chi connectivity index (χ3v) is 8.62. The van der Waals surface area contributed by atoms with Gasteiger partial charge in [0.1, 0.15) is 12.1 Å². The van der Waals surface area contributed by atoms with Crippen molar-refractivity contribution in [2.24, 2.45) is 17.8 Å². The fourth-order valence-corrected chi connectivity index (χ4v) is 6.52. The highest BCUT2D eigenvalue weighted by Crippen LogP contribution is 2.36. The molecular weight excluding hydrogens is 440 g/mol. The van der Waals surface area contributed by atoms with E-state index in [1.54, 1.807) is 6.33 Å². The molecule has 0 aliphatic heterocycles. The highest BCUT2D eigenvalue weighted by Gasteiger charge is 2.24. The van der Waals surface area contributed by atoms with Crippen LogP contribution < -0.4 is 0 Å². The monoisotopic (exact) mass is 486 g/mol. The van der Waals surface area contributed by atoms with Gasteiger partial charge in [-0.2, -0.15) is 0 Å². The number of carbonyl (C=O) groups excluding carboxylic acids is 1. The Morgan fingerprint density at radius 3 is 2.53 bits per heavy atom. The van der Waals surface area contributed by atoms with E-state index >= 15 is 0 Å². The first-order chi connectivity index (χ1) is 17.6. The fraction of sp³-hybridized carbons (Fsp3) is 0.606. The number of carbonyl (C=O) groups is 1. The molecule has 0 saturated heterocycles. The summed E-state index contributed by atoms with van der Waals surface area (Å²) in [4.78, 5) is 22.4. The molecule has 2 aromatic rings. The van der Waals surface area contributed by atoms with E-state index in [1.165, 1.54) is 67.5 Å². The highest BCUT2D eigenvalue weighted by atomic mass is 16.1. The maximum Gasteiger partial charge on any atom is 0.136 e. The van der Waals surface area contributed by atoms with E-state index in [-0.39, 0.29) is 5.92 Å². The summed E-state index contributed by atoms with van der Waals surface area (Å²) >= 11 is 0. The maximum atomic E-state index is 13.1. The standard InChI is InChI=1S/C33H46N2O/c1-25(2)29(21-10-16-26-12-4-3-5-13-26)32(36)23-11-17-27-14-8-18-28(19-9-15-27)33-30-20-6-7-22-31(30)34-24-35-33/h3-6,12-13,20,24-25,27-29H,7-11,14-19,21-23H2,1-2H3. The number of aromatic nitrogens is 2. The molecule has 2 aliphatic carbocycles. The van der Waals surface area contributed by atoms with Crippen molar-refractivity contribution < 1.29 is 4.79 Å². The lowest BCUT2D eigenvalue weighted by Crippen LogP contribution is -2.21. The van der Waals surface area contributed by atoms with Gasteiger partial charge in [-0.15, -0.1) is 0 Å². The summed E-state index contributed by atoms with van der Waals surface area (Å²) in [5, 5.41) is 0. The molecule has 0 amide bonds. The number of hydrogen-bond donors (Lipinski definition) is 0. The van der Waals surface area contributed by atoms with Crippen LogP contribution in [0.2, 0.25) is 0 Å². The van der Waals surface area contributed by atoms with E-state index in [1.807, 2.05) is 0 Å². The average molecular weight is 487 g/mol. The fourth-order valence-electron chi connectivity index (χ4n) is 6.52. The van der Waals surface area contributed by atoms with Gasteiger partial charge in [0.05, 0.1) is 11.4 Å². The van der Waals surface area contributed by atoms with E-state index < -0.39 is 0 Å². The minimum Gasteiger partial charge on any atom is -0.299 e. The SMILES string of the molecule is CC(C)C(CCCc1ccccc1)C(=O)CCCC1CCCC(c2ncnc3c2C=CCC3)CCC1. The first-order valence-electron chi connectivity index (χ1n) is 14.7. The lowest BCUT2D eigenvalue weighted by atomic mass is 9.80. The van der Waals surface area contributed by atoms with Crippen LogP contribution in [0.5, 0.6) is 0 Å². The predicted octanol–water partition coefficient (Wildman–Crippen LogP) is 8.52. The van der Waals surface area contributed by atoms with E-state index in [0.717, 1.165) is 50.9 Å². The van der Waals surface area contributed by atoms with E-state index in [4.69, 9.17) is 4.98 Å². The van der Waals surface area contributed by atoms with Gasteiger partial charge in [-0.3, -0.25) is 4.79 Å². The van der Waals surface area contributed by atoms with E-state index in [0.29, 0.717) is 17.6 Å². The first-order valence-corrected chi connectivity index (χ1v) is 14.7. The van der Waals surface area contributed by atoms with Gasteiger partial charge in [-0.1, -0.05) is 88.4 Å². The van der Waals surface area contributed by atoms with Gasteiger partial charge < -0.3 is 0 Å². The molecule has 1 heterocycles. The molecule has 0 spiro atoms. The lowest BCUT2D eigenvalue weighted by Gasteiger charge is -2.26. The van der Waals surface area contributed by atoms with Crippen LogP contribution in [0.3, 0.4) is 0 Å². The van der Waals surface area contributed by atoms with Crippen molar-refractivity contribution in [2.45, 2.75) is 110 Å².